The highest BCUT2D eigenvalue weighted by molar-refractivity contribution is 6.34. The van der Waals surface area contributed by atoms with E-state index in [4.69, 9.17) is 11.6 Å². The van der Waals surface area contributed by atoms with E-state index in [1.165, 1.54) is 77.5 Å². The Hall–Kier alpha value is -2.87. The van der Waals surface area contributed by atoms with Crippen LogP contribution in [0.4, 0.5) is 0 Å². The molecule has 1 aliphatic heterocycles. The maximum atomic E-state index is 5.16. The van der Waals surface area contributed by atoms with Crippen LogP contribution in [0.1, 0.15) is 143 Å². The number of rotatable bonds is 13. The number of hydrogen-bond donors (Lipinski definition) is 1. The second kappa shape index (κ2) is 14.2. The highest BCUT2D eigenvalue weighted by Crippen LogP contribution is 2.64. The molecule has 1 heterocycles. The van der Waals surface area contributed by atoms with Gasteiger partial charge in [-0.1, -0.05) is 123 Å². The Morgan fingerprint density at radius 1 is 0.765 bits per heavy atom. The van der Waals surface area contributed by atoms with Crippen LogP contribution in [0.3, 0.4) is 0 Å². The van der Waals surface area contributed by atoms with Gasteiger partial charge in [0.25, 0.3) is 0 Å². The molecule has 2 aromatic rings. The first-order chi connectivity index (χ1) is 23.9. The summed E-state index contributed by atoms with van der Waals surface area (Å²) >= 11 is 0. The van der Waals surface area contributed by atoms with E-state index in [9.17, 15) is 0 Å². The molecule has 2 heteroatoms. The molecule has 3 aliphatic carbocycles. The highest BCUT2D eigenvalue weighted by Gasteiger charge is 2.55. The summed E-state index contributed by atoms with van der Waals surface area (Å²) in [7, 11) is 0. The zero-order valence-corrected chi connectivity index (χ0v) is 34.1. The van der Waals surface area contributed by atoms with Crippen molar-refractivity contribution in [3.63, 3.8) is 0 Å². The predicted octanol–water partition coefficient (Wildman–Crippen LogP) is 12.8. The zero-order chi connectivity index (χ0) is 36.9. The number of aliphatic imine (C=N–C) groups is 1. The van der Waals surface area contributed by atoms with E-state index in [1.807, 2.05) is 0 Å². The van der Waals surface area contributed by atoms with Crippen molar-refractivity contribution in [1.29, 1.82) is 0 Å². The van der Waals surface area contributed by atoms with Gasteiger partial charge in [-0.05, 0) is 134 Å². The van der Waals surface area contributed by atoms with Gasteiger partial charge in [-0.3, -0.25) is 4.99 Å². The molecule has 0 saturated heterocycles. The van der Waals surface area contributed by atoms with Crippen molar-refractivity contribution < 1.29 is 0 Å². The number of aryl methyl sites for hydroxylation is 2. The van der Waals surface area contributed by atoms with E-state index in [2.05, 4.69) is 130 Å². The van der Waals surface area contributed by atoms with E-state index in [1.54, 1.807) is 0 Å². The van der Waals surface area contributed by atoms with Gasteiger partial charge in [-0.15, -0.1) is 0 Å². The molecule has 0 aromatic heterocycles. The van der Waals surface area contributed by atoms with Crippen LogP contribution < -0.4 is 5.32 Å². The van der Waals surface area contributed by atoms with Crippen LogP contribution in [-0.2, 0) is 12.8 Å². The smallest absolute Gasteiger partial charge is 0.0729 e. The van der Waals surface area contributed by atoms with Gasteiger partial charge < -0.3 is 5.32 Å². The minimum atomic E-state index is -0.200. The Morgan fingerprint density at radius 3 is 1.92 bits per heavy atom. The number of benzene rings is 2. The van der Waals surface area contributed by atoms with Gasteiger partial charge >= 0.3 is 0 Å². The standard InChI is InChI=1S/C49H70N2/c1-13-34-16-21-36(22-17-34)44-40(31-50-45(44)37-23-18-35(14-2)19-24-37)25-33(4)51-49(11,12)48(9,10)32(3)15-20-38-26-39-27-46(5,6)29-42(39)43-30-47(7,8)28-41(38)43/h16-19,21-24,38-39,41-43,51H,3-4,13-15,20,25-31H2,1-2,5-12H3. The molecule has 51 heavy (non-hydrogen) atoms. The SMILES string of the molecule is C=C(CC1=C(c2ccc(CC)cc2)C(c2ccc(CC)cc2)=NC1)NC(C)(C)C(C)(C)C(=C)CCC1CC2CC(C)(C)CC2C2CC(C)(C)CC12. The van der Waals surface area contributed by atoms with Crippen LogP contribution >= 0.6 is 0 Å². The van der Waals surface area contributed by atoms with Crippen molar-refractivity contribution in [2.45, 2.75) is 139 Å². The summed E-state index contributed by atoms with van der Waals surface area (Å²) in [6, 6.07) is 18.1. The molecule has 276 valence electrons. The summed E-state index contributed by atoms with van der Waals surface area (Å²) < 4.78 is 0. The van der Waals surface area contributed by atoms with Gasteiger partial charge in [0.2, 0.25) is 0 Å². The van der Waals surface area contributed by atoms with Crippen LogP contribution in [0, 0.1) is 45.8 Å². The highest BCUT2D eigenvalue weighted by atomic mass is 15.0. The van der Waals surface area contributed by atoms with E-state index < -0.39 is 0 Å². The van der Waals surface area contributed by atoms with Crippen molar-refractivity contribution in [3.05, 3.63) is 101 Å². The molecular formula is C49H70N2. The molecule has 5 atom stereocenters. The number of hydrogen-bond acceptors (Lipinski definition) is 2. The Labute approximate surface area is 312 Å². The van der Waals surface area contributed by atoms with Crippen LogP contribution in [-0.4, -0.2) is 17.8 Å². The first-order valence-electron chi connectivity index (χ1n) is 20.5. The second-order valence-corrected chi connectivity index (χ2v) is 19.9. The molecular weight excluding hydrogens is 617 g/mol. The quantitative estimate of drug-likeness (QED) is 0.208. The Balaban J connectivity index is 1.15. The van der Waals surface area contributed by atoms with E-state index in [-0.39, 0.29) is 11.0 Å². The van der Waals surface area contributed by atoms with Crippen molar-refractivity contribution in [2.24, 2.45) is 50.8 Å². The number of allylic oxidation sites excluding steroid dienone is 2. The van der Waals surface area contributed by atoms with E-state index in [0.29, 0.717) is 17.4 Å². The average molecular weight is 687 g/mol. The largest absolute Gasteiger partial charge is 0.383 e. The van der Waals surface area contributed by atoms with Gasteiger partial charge in [0.15, 0.2) is 0 Å². The van der Waals surface area contributed by atoms with Crippen LogP contribution in [0.25, 0.3) is 5.57 Å². The molecule has 2 aromatic carbocycles. The van der Waals surface area contributed by atoms with Gasteiger partial charge in [-0.2, -0.15) is 0 Å². The number of nitrogens with one attached hydrogen (secondary N) is 1. The van der Waals surface area contributed by atoms with Crippen molar-refractivity contribution >= 4 is 11.3 Å². The molecule has 2 nitrogen and oxygen atoms in total. The Morgan fingerprint density at radius 2 is 1.31 bits per heavy atom. The lowest BCUT2D eigenvalue weighted by Gasteiger charge is -2.46. The van der Waals surface area contributed by atoms with Crippen molar-refractivity contribution in [1.82, 2.24) is 5.32 Å². The summed E-state index contributed by atoms with van der Waals surface area (Å²) in [5, 5.41) is 3.95. The summed E-state index contributed by atoms with van der Waals surface area (Å²) in [5.41, 5.74) is 12.1. The summed E-state index contributed by atoms with van der Waals surface area (Å²) in [4.78, 5) is 5.16. The molecule has 0 amide bonds. The first kappa shape index (κ1) is 37.9. The lowest BCUT2D eigenvalue weighted by atomic mass is 9.62. The minimum Gasteiger partial charge on any atom is -0.383 e. The molecule has 4 aliphatic rings. The van der Waals surface area contributed by atoms with E-state index >= 15 is 0 Å². The Kier molecular flexibility index (Phi) is 10.5. The molecule has 3 saturated carbocycles. The maximum Gasteiger partial charge on any atom is 0.0729 e. The van der Waals surface area contributed by atoms with Gasteiger partial charge in [0, 0.05) is 34.2 Å². The van der Waals surface area contributed by atoms with Crippen LogP contribution in [0.15, 0.2) is 83.5 Å². The number of fused-ring (bicyclic) bond motifs is 3. The molecule has 5 unspecified atom stereocenters. The maximum absolute atomic E-state index is 5.16. The van der Waals surface area contributed by atoms with Gasteiger partial charge in [0.1, 0.15) is 0 Å². The van der Waals surface area contributed by atoms with Crippen LogP contribution in [0.5, 0.6) is 0 Å². The molecule has 0 spiro atoms. The van der Waals surface area contributed by atoms with Gasteiger partial charge in [-0.25, -0.2) is 0 Å². The first-order valence-corrected chi connectivity index (χ1v) is 20.5. The molecule has 3 fully saturated rings. The fourth-order valence-electron chi connectivity index (χ4n) is 11.1. The fourth-order valence-corrected chi connectivity index (χ4v) is 11.1. The molecule has 0 radical (unpaired) electrons. The topological polar surface area (TPSA) is 24.4 Å². The summed E-state index contributed by atoms with van der Waals surface area (Å²) in [6.07, 6.45) is 12.5. The average Bonchev–Trinajstić information content (AvgIpc) is 3.74. The summed E-state index contributed by atoms with van der Waals surface area (Å²) in [5.74, 6) is 4.58. The molecule has 6 rings (SSSR count). The normalized spacial score (nSPS) is 26.9. The molecule has 1 N–H and O–H groups in total. The molecule has 0 bridgehead atoms. The monoisotopic (exact) mass is 687 g/mol. The Bertz CT molecular complexity index is 1660. The predicted molar refractivity (Wildman–Crippen MR) is 221 cm³/mol. The lowest BCUT2D eigenvalue weighted by molar-refractivity contribution is 0.0693. The minimum absolute atomic E-state index is 0.0948. The third-order valence-electron chi connectivity index (χ3n) is 14.6. The van der Waals surface area contributed by atoms with Crippen molar-refractivity contribution in [2.75, 3.05) is 6.54 Å². The van der Waals surface area contributed by atoms with Crippen LogP contribution in [0.2, 0.25) is 0 Å². The van der Waals surface area contributed by atoms with Crippen molar-refractivity contribution in [3.8, 4) is 0 Å². The van der Waals surface area contributed by atoms with E-state index in [0.717, 1.165) is 66.7 Å². The second-order valence-electron chi connectivity index (χ2n) is 19.9. The third kappa shape index (κ3) is 7.77. The summed E-state index contributed by atoms with van der Waals surface area (Å²) in [6.45, 7) is 34.3. The lowest BCUT2D eigenvalue weighted by Crippen LogP contribution is -2.51. The zero-order valence-electron chi connectivity index (χ0n) is 34.1. The fraction of sp³-hybridized carbons (Fsp3) is 0.612. The number of nitrogens with zero attached hydrogens (tertiary/aromatic N) is 1. The van der Waals surface area contributed by atoms with Gasteiger partial charge in [0.05, 0.1) is 12.3 Å². The third-order valence-corrected chi connectivity index (χ3v) is 14.6.